The van der Waals surface area contributed by atoms with Crippen LogP contribution in [0.25, 0.3) is 0 Å². The average Bonchev–Trinajstić information content (AvgIpc) is 2.65. The Morgan fingerprint density at radius 2 is 2.17 bits per heavy atom. The summed E-state index contributed by atoms with van der Waals surface area (Å²) in [5, 5.41) is 3.01. The molecule has 1 saturated heterocycles. The van der Waals surface area contributed by atoms with E-state index in [1.165, 1.54) is 6.07 Å². The molecular formula is C13H18FN3O. The Balaban J connectivity index is 2.16. The zero-order valence-electron chi connectivity index (χ0n) is 10.7. The smallest absolute Gasteiger partial charge is 0.320 e. The third-order valence-corrected chi connectivity index (χ3v) is 3.33. The molecule has 1 unspecified atom stereocenters. The van der Waals surface area contributed by atoms with Gasteiger partial charge in [0.1, 0.15) is 5.82 Å². The molecule has 1 atom stereocenters. The van der Waals surface area contributed by atoms with Crippen molar-refractivity contribution in [2.45, 2.75) is 6.04 Å². The molecule has 1 aliphatic heterocycles. The second kappa shape index (κ2) is 5.35. The van der Waals surface area contributed by atoms with Crippen molar-refractivity contribution in [1.29, 1.82) is 0 Å². The van der Waals surface area contributed by atoms with Crippen molar-refractivity contribution in [2.24, 2.45) is 0 Å². The monoisotopic (exact) mass is 251 g/mol. The fourth-order valence-electron chi connectivity index (χ4n) is 2.25. The van der Waals surface area contributed by atoms with Crippen LogP contribution in [0.15, 0.2) is 24.3 Å². The SMILES string of the molecule is CNCCN1CC(c2ccccc2F)N(C)C1=O. The third kappa shape index (κ3) is 2.31. The first kappa shape index (κ1) is 12.8. The van der Waals surface area contributed by atoms with Crippen LogP contribution in [0, 0.1) is 5.82 Å². The maximum atomic E-state index is 13.8. The highest BCUT2D eigenvalue weighted by Gasteiger charge is 2.36. The lowest BCUT2D eigenvalue weighted by Gasteiger charge is -2.18. The highest BCUT2D eigenvalue weighted by Crippen LogP contribution is 2.29. The van der Waals surface area contributed by atoms with E-state index >= 15 is 0 Å². The molecule has 4 nitrogen and oxygen atoms in total. The van der Waals surface area contributed by atoms with E-state index in [4.69, 9.17) is 0 Å². The number of nitrogens with one attached hydrogen (secondary N) is 1. The van der Waals surface area contributed by atoms with Crippen molar-refractivity contribution in [3.05, 3.63) is 35.6 Å². The van der Waals surface area contributed by atoms with Gasteiger partial charge in [0, 0.05) is 32.2 Å². The quantitative estimate of drug-likeness (QED) is 0.879. The van der Waals surface area contributed by atoms with Crippen molar-refractivity contribution in [2.75, 3.05) is 33.7 Å². The van der Waals surface area contributed by atoms with Gasteiger partial charge in [0.2, 0.25) is 0 Å². The number of benzene rings is 1. The van der Waals surface area contributed by atoms with E-state index in [-0.39, 0.29) is 17.9 Å². The zero-order valence-corrected chi connectivity index (χ0v) is 10.7. The van der Waals surface area contributed by atoms with Gasteiger partial charge in [-0.2, -0.15) is 0 Å². The Kier molecular flexibility index (Phi) is 3.81. The van der Waals surface area contributed by atoms with E-state index in [1.807, 2.05) is 7.05 Å². The Morgan fingerprint density at radius 1 is 1.44 bits per heavy atom. The summed E-state index contributed by atoms with van der Waals surface area (Å²) in [5.74, 6) is -0.252. The summed E-state index contributed by atoms with van der Waals surface area (Å²) >= 11 is 0. The molecule has 1 aromatic rings. The largest absolute Gasteiger partial charge is 0.321 e. The Hall–Kier alpha value is -1.62. The number of urea groups is 1. The minimum absolute atomic E-state index is 0.0431. The summed E-state index contributed by atoms with van der Waals surface area (Å²) in [6, 6.07) is 6.39. The fraction of sp³-hybridized carbons (Fsp3) is 0.462. The van der Waals surface area contributed by atoms with Crippen molar-refractivity contribution in [3.8, 4) is 0 Å². The number of carbonyl (C=O) groups excluding carboxylic acids is 1. The molecule has 1 aliphatic rings. The predicted molar refractivity (Wildman–Crippen MR) is 67.8 cm³/mol. The van der Waals surface area contributed by atoms with Crippen LogP contribution in [0.1, 0.15) is 11.6 Å². The van der Waals surface area contributed by atoms with Crippen molar-refractivity contribution in [1.82, 2.24) is 15.1 Å². The summed E-state index contributed by atoms with van der Waals surface area (Å²) in [6.07, 6.45) is 0. The lowest BCUT2D eigenvalue weighted by Crippen LogP contribution is -2.34. The van der Waals surface area contributed by atoms with Gasteiger partial charge in [0.15, 0.2) is 0 Å². The number of hydrogen-bond acceptors (Lipinski definition) is 2. The molecular weight excluding hydrogens is 233 g/mol. The lowest BCUT2D eigenvalue weighted by molar-refractivity contribution is 0.195. The minimum Gasteiger partial charge on any atom is -0.321 e. The summed E-state index contributed by atoms with van der Waals surface area (Å²) in [6.45, 7) is 1.92. The highest BCUT2D eigenvalue weighted by atomic mass is 19.1. The van der Waals surface area contributed by atoms with E-state index in [0.717, 1.165) is 6.54 Å². The number of halogens is 1. The van der Waals surface area contributed by atoms with Gasteiger partial charge in [-0.25, -0.2) is 9.18 Å². The standard InChI is InChI=1S/C13H18FN3O/c1-15-7-8-17-9-12(16(2)13(17)18)10-5-3-4-6-11(10)14/h3-6,12,15H,7-9H2,1-2H3. The predicted octanol–water partition coefficient (Wildman–Crippen LogP) is 1.45. The van der Waals surface area contributed by atoms with Crippen LogP contribution >= 0.6 is 0 Å². The normalized spacial score (nSPS) is 19.7. The topological polar surface area (TPSA) is 35.6 Å². The minimum atomic E-state index is -0.252. The van der Waals surface area contributed by atoms with Crippen molar-refractivity contribution in [3.63, 3.8) is 0 Å². The average molecular weight is 251 g/mol. The zero-order chi connectivity index (χ0) is 13.1. The van der Waals surface area contributed by atoms with Crippen LogP contribution in [0.3, 0.4) is 0 Å². The molecule has 1 heterocycles. The third-order valence-electron chi connectivity index (χ3n) is 3.33. The molecule has 2 amide bonds. The number of likely N-dealkylation sites (N-methyl/N-ethyl adjacent to an activating group) is 2. The van der Waals surface area contributed by atoms with Crippen LogP contribution in [0.5, 0.6) is 0 Å². The molecule has 0 saturated carbocycles. The first-order chi connectivity index (χ1) is 8.65. The number of carbonyl (C=O) groups is 1. The molecule has 0 bridgehead atoms. The number of nitrogens with zero attached hydrogens (tertiary/aromatic N) is 2. The van der Waals surface area contributed by atoms with Crippen LogP contribution in [0.2, 0.25) is 0 Å². The number of amides is 2. The van der Waals surface area contributed by atoms with E-state index in [1.54, 1.807) is 35.0 Å². The Bertz CT molecular complexity index is 438. The van der Waals surface area contributed by atoms with Gasteiger partial charge in [0.05, 0.1) is 6.04 Å². The van der Waals surface area contributed by atoms with E-state index in [2.05, 4.69) is 5.32 Å². The van der Waals surface area contributed by atoms with E-state index in [0.29, 0.717) is 18.7 Å². The number of hydrogen-bond donors (Lipinski definition) is 1. The molecule has 2 rings (SSSR count). The van der Waals surface area contributed by atoms with Gasteiger partial charge >= 0.3 is 6.03 Å². The van der Waals surface area contributed by atoms with Crippen molar-refractivity contribution < 1.29 is 9.18 Å². The van der Waals surface area contributed by atoms with Gasteiger partial charge in [-0.1, -0.05) is 18.2 Å². The Morgan fingerprint density at radius 3 is 2.83 bits per heavy atom. The summed E-state index contributed by atoms with van der Waals surface area (Å²) in [7, 11) is 3.57. The molecule has 0 aromatic heterocycles. The molecule has 1 fully saturated rings. The molecule has 98 valence electrons. The molecule has 1 aromatic carbocycles. The molecule has 0 aliphatic carbocycles. The second-order valence-corrected chi connectivity index (χ2v) is 4.48. The first-order valence-corrected chi connectivity index (χ1v) is 6.06. The van der Waals surface area contributed by atoms with Gasteiger partial charge in [-0.15, -0.1) is 0 Å². The van der Waals surface area contributed by atoms with E-state index < -0.39 is 0 Å². The summed E-state index contributed by atoms with van der Waals surface area (Å²) in [5.41, 5.74) is 0.584. The van der Waals surface area contributed by atoms with Crippen LogP contribution in [-0.2, 0) is 0 Å². The summed E-state index contributed by atoms with van der Waals surface area (Å²) < 4.78 is 13.8. The highest BCUT2D eigenvalue weighted by molar-refractivity contribution is 5.77. The van der Waals surface area contributed by atoms with Gasteiger partial charge < -0.3 is 15.1 Å². The molecule has 1 N–H and O–H groups in total. The number of rotatable bonds is 4. The fourth-order valence-corrected chi connectivity index (χ4v) is 2.25. The van der Waals surface area contributed by atoms with Crippen LogP contribution in [-0.4, -0.2) is 49.6 Å². The molecule has 0 spiro atoms. The second-order valence-electron chi connectivity index (χ2n) is 4.48. The van der Waals surface area contributed by atoms with Crippen LogP contribution < -0.4 is 5.32 Å². The van der Waals surface area contributed by atoms with Gasteiger partial charge in [-0.3, -0.25) is 0 Å². The van der Waals surface area contributed by atoms with Crippen molar-refractivity contribution >= 4 is 6.03 Å². The molecule has 0 radical (unpaired) electrons. The van der Waals surface area contributed by atoms with Gasteiger partial charge in [-0.05, 0) is 13.1 Å². The van der Waals surface area contributed by atoms with E-state index in [9.17, 15) is 9.18 Å². The molecule has 18 heavy (non-hydrogen) atoms. The Labute approximate surface area is 106 Å². The lowest BCUT2D eigenvalue weighted by atomic mass is 10.1. The first-order valence-electron chi connectivity index (χ1n) is 6.06. The maximum absolute atomic E-state index is 13.8. The maximum Gasteiger partial charge on any atom is 0.320 e. The van der Waals surface area contributed by atoms with Gasteiger partial charge in [0.25, 0.3) is 0 Å². The summed E-state index contributed by atoms with van der Waals surface area (Å²) in [4.78, 5) is 15.4. The molecule has 5 heteroatoms. The van der Waals surface area contributed by atoms with Crippen LogP contribution in [0.4, 0.5) is 9.18 Å².